The molecule has 33 heavy (non-hydrogen) atoms. The summed E-state index contributed by atoms with van der Waals surface area (Å²) in [6.45, 7) is -0.533. The quantitative estimate of drug-likeness (QED) is 0.339. The highest BCUT2D eigenvalue weighted by atomic mass is 32.2. The zero-order valence-electron chi connectivity index (χ0n) is 16.5. The maximum atomic E-state index is 13.7. The third-order valence-electron chi connectivity index (χ3n) is 4.53. The highest BCUT2D eigenvalue weighted by molar-refractivity contribution is 7.91. The molecule has 0 amide bonds. The summed E-state index contributed by atoms with van der Waals surface area (Å²) >= 11 is 0. The molecule has 9 nitrogen and oxygen atoms in total. The van der Waals surface area contributed by atoms with Gasteiger partial charge in [0.15, 0.2) is 0 Å². The molecule has 3 rings (SSSR count). The predicted octanol–water partition coefficient (Wildman–Crippen LogP) is 2.45. The lowest BCUT2D eigenvalue weighted by Gasteiger charge is -2.11. The van der Waals surface area contributed by atoms with Gasteiger partial charge in [-0.2, -0.15) is 21.6 Å². The lowest BCUT2D eigenvalue weighted by atomic mass is 10.1. The topological polar surface area (TPSA) is 140 Å². The predicted molar refractivity (Wildman–Crippen MR) is 112 cm³/mol. The lowest BCUT2D eigenvalue weighted by Crippen LogP contribution is -2.26. The van der Waals surface area contributed by atoms with Crippen LogP contribution in [0.5, 0.6) is 0 Å². The van der Waals surface area contributed by atoms with Gasteiger partial charge in [-0.1, -0.05) is 24.3 Å². The fourth-order valence-corrected chi connectivity index (χ4v) is 6.36. The molecule has 0 unspecified atom stereocenters. The summed E-state index contributed by atoms with van der Waals surface area (Å²) in [5.74, 6) is -0.784. The van der Waals surface area contributed by atoms with E-state index in [0.29, 0.717) is 16.2 Å². The maximum Gasteiger partial charge on any atom is 0.417 e. The summed E-state index contributed by atoms with van der Waals surface area (Å²) in [6, 6.07) is 9.36. The van der Waals surface area contributed by atoms with Gasteiger partial charge in [0.1, 0.15) is 4.90 Å². The van der Waals surface area contributed by atoms with E-state index in [-0.39, 0.29) is 11.3 Å². The molecule has 0 aliphatic rings. The lowest BCUT2D eigenvalue weighted by molar-refractivity contribution is -0.136. The average molecular weight is 527 g/mol. The number of aromatic nitrogens is 1. The molecular formula is C18H17F3N2O7S3. The molecule has 15 heteroatoms. The number of hydrogen-bond donors (Lipinski definition) is 2. The molecule has 0 saturated heterocycles. The Morgan fingerprint density at radius 2 is 1.55 bits per heavy atom. The zero-order valence-corrected chi connectivity index (χ0v) is 19.0. The molecule has 0 aliphatic carbocycles. The fraction of sp³-hybridized carbons (Fsp3) is 0.222. The molecule has 0 saturated carbocycles. The van der Waals surface area contributed by atoms with Gasteiger partial charge in [-0.3, -0.25) is 4.55 Å². The van der Waals surface area contributed by atoms with E-state index < -0.39 is 70.0 Å². The van der Waals surface area contributed by atoms with Gasteiger partial charge in [-0.15, -0.1) is 0 Å². The first-order chi connectivity index (χ1) is 15.1. The molecular weight excluding hydrogens is 509 g/mol. The van der Waals surface area contributed by atoms with Crippen LogP contribution in [0.15, 0.2) is 64.5 Å². The first-order valence-corrected chi connectivity index (χ1v) is 13.6. The van der Waals surface area contributed by atoms with Crippen molar-refractivity contribution in [2.45, 2.75) is 22.4 Å². The second-order valence-corrected chi connectivity index (χ2v) is 12.0. The molecule has 0 atom stereocenters. The van der Waals surface area contributed by atoms with E-state index in [9.17, 15) is 38.4 Å². The van der Waals surface area contributed by atoms with E-state index >= 15 is 0 Å². The van der Waals surface area contributed by atoms with Gasteiger partial charge < -0.3 is 0 Å². The minimum Gasteiger partial charge on any atom is -0.286 e. The largest absolute Gasteiger partial charge is 0.417 e. The van der Waals surface area contributed by atoms with Crippen molar-refractivity contribution in [3.05, 3.63) is 60.3 Å². The minimum atomic E-state index is -5.00. The van der Waals surface area contributed by atoms with Crippen molar-refractivity contribution >= 4 is 41.1 Å². The fourth-order valence-electron chi connectivity index (χ4n) is 3.11. The summed E-state index contributed by atoms with van der Waals surface area (Å²) in [6.07, 6.45) is -4.80. The number of fused-ring (bicyclic) bond motifs is 1. The van der Waals surface area contributed by atoms with Gasteiger partial charge in [0.2, 0.25) is 10.0 Å². The van der Waals surface area contributed by atoms with Crippen LogP contribution in [0.3, 0.4) is 0 Å². The molecule has 2 N–H and O–H groups in total. The Balaban J connectivity index is 2.21. The van der Waals surface area contributed by atoms with Crippen molar-refractivity contribution in [3.63, 3.8) is 0 Å². The van der Waals surface area contributed by atoms with Crippen LogP contribution >= 0.6 is 0 Å². The van der Waals surface area contributed by atoms with Crippen molar-refractivity contribution in [1.82, 2.24) is 8.69 Å². The number of rotatable bonds is 8. The van der Waals surface area contributed by atoms with Gasteiger partial charge in [0.25, 0.3) is 20.1 Å². The molecule has 0 radical (unpaired) electrons. The molecule has 2 aromatic carbocycles. The molecule has 1 aromatic heterocycles. The molecule has 180 valence electrons. The van der Waals surface area contributed by atoms with E-state index in [2.05, 4.69) is 0 Å². The normalized spacial score (nSPS) is 13.5. The van der Waals surface area contributed by atoms with E-state index in [1.807, 2.05) is 4.72 Å². The van der Waals surface area contributed by atoms with Crippen LogP contribution in [0.25, 0.3) is 10.9 Å². The third kappa shape index (κ3) is 5.38. The number of nitrogens with zero attached hydrogens (tertiary/aromatic N) is 1. The highest BCUT2D eigenvalue weighted by Gasteiger charge is 2.37. The summed E-state index contributed by atoms with van der Waals surface area (Å²) in [4.78, 5) is -1.22. The maximum absolute atomic E-state index is 13.7. The summed E-state index contributed by atoms with van der Waals surface area (Å²) in [5.41, 5.74) is -1.87. The zero-order chi connectivity index (χ0) is 24.7. The van der Waals surface area contributed by atoms with Crippen molar-refractivity contribution in [2.24, 2.45) is 0 Å². The van der Waals surface area contributed by atoms with E-state index in [1.165, 1.54) is 30.3 Å². The second kappa shape index (κ2) is 8.72. The van der Waals surface area contributed by atoms with Crippen molar-refractivity contribution in [1.29, 1.82) is 0 Å². The van der Waals surface area contributed by atoms with Crippen LogP contribution in [-0.2, 0) is 36.3 Å². The average Bonchev–Trinajstić information content (AvgIpc) is 3.12. The van der Waals surface area contributed by atoms with Crippen LogP contribution in [0.2, 0.25) is 0 Å². The molecule has 0 fully saturated rings. The van der Waals surface area contributed by atoms with Crippen molar-refractivity contribution in [2.75, 3.05) is 12.3 Å². The summed E-state index contributed by atoms with van der Waals surface area (Å²) in [7, 11) is -13.6. The number of hydrogen-bond acceptors (Lipinski definition) is 6. The third-order valence-corrected chi connectivity index (χ3v) is 8.49. The van der Waals surface area contributed by atoms with Gasteiger partial charge in [-0.25, -0.2) is 25.5 Å². The van der Waals surface area contributed by atoms with Crippen molar-refractivity contribution in [3.8, 4) is 0 Å². The van der Waals surface area contributed by atoms with Crippen LogP contribution in [0.4, 0.5) is 13.2 Å². The Bertz CT molecular complexity index is 1500. The Morgan fingerprint density at radius 3 is 2.12 bits per heavy atom. The number of sulfonamides is 1. The highest BCUT2D eigenvalue weighted by Crippen LogP contribution is 2.39. The summed E-state index contributed by atoms with van der Waals surface area (Å²) < 4.78 is 126. The van der Waals surface area contributed by atoms with Crippen molar-refractivity contribution < 1.29 is 43.0 Å². The first kappa shape index (κ1) is 25.2. The molecule has 1 heterocycles. The van der Waals surface area contributed by atoms with E-state index in [4.69, 9.17) is 4.55 Å². The SMILES string of the molecule is O=S(=O)(O)CCCNS(=O)(=O)c1cn(S(=O)(=O)c2ccccc2)c2cccc(C(F)(F)F)c12. The van der Waals surface area contributed by atoms with E-state index in [1.54, 1.807) is 0 Å². The summed E-state index contributed by atoms with van der Waals surface area (Å²) in [5, 5.41) is -0.855. The molecule has 0 aliphatic heterocycles. The minimum absolute atomic E-state index is 0.274. The molecule has 3 aromatic rings. The second-order valence-electron chi connectivity index (χ2n) is 6.84. The standard InChI is InChI=1S/C18H17F3N2O7S3/c19-18(20,21)14-8-4-9-15-17(14)16(32(27,28)22-10-5-11-31(24,25)26)12-23(15)33(29,30)13-6-2-1-3-7-13/h1-4,6-9,12,22H,5,10-11H2,(H,24,25,26). The van der Waals surface area contributed by atoms with Gasteiger partial charge in [0, 0.05) is 18.1 Å². The first-order valence-electron chi connectivity index (χ1n) is 9.11. The molecule has 0 bridgehead atoms. The molecule has 0 spiro atoms. The van der Waals surface area contributed by atoms with Crippen LogP contribution < -0.4 is 4.72 Å². The van der Waals surface area contributed by atoms with Gasteiger partial charge >= 0.3 is 6.18 Å². The number of alkyl halides is 3. The smallest absolute Gasteiger partial charge is 0.286 e. The Kier molecular flexibility index (Phi) is 6.65. The number of nitrogens with one attached hydrogen (secondary N) is 1. The number of halogens is 3. The Hall–Kier alpha value is -2.46. The Morgan fingerprint density at radius 1 is 0.909 bits per heavy atom. The Labute approximate surface area is 187 Å². The van der Waals surface area contributed by atoms with Crippen LogP contribution in [0.1, 0.15) is 12.0 Å². The van der Waals surface area contributed by atoms with Crippen LogP contribution in [0, 0.1) is 0 Å². The van der Waals surface area contributed by atoms with E-state index in [0.717, 1.165) is 12.1 Å². The monoisotopic (exact) mass is 526 g/mol. The van der Waals surface area contributed by atoms with Gasteiger partial charge in [-0.05, 0) is 30.7 Å². The van der Waals surface area contributed by atoms with Gasteiger partial charge in [0.05, 0.1) is 21.7 Å². The van der Waals surface area contributed by atoms with Crippen LogP contribution in [-0.4, -0.2) is 46.1 Å². The number of benzene rings is 2.